The molecule has 0 N–H and O–H groups in total. The van der Waals surface area contributed by atoms with E-state index >= 15 is 0 Å². The quantitative estimate of drug-likeness (QED) is 0.793. The van der Waals surface area contributed by atoms with Crippen LogP contribution in [0.5, 0.6) is 0 Å². The number of benzene rings is 1. The van der Waals surface area contributed by atoms with Gasteiger partial charge in [-0.05, 0) is 24.8 Å². The lowest BCUT2D eigenvalue weighted by Crippen LogP contribution is -2.41. The van der Waals surface area contributed by atoms with Gasteiger partial charge in [0.2, 0.25) is 11.8 Å². The number of carbonyl (C=O) groups excluding carboxylic acids is 2. The van der Waals surface area contributed by atoms with E-state index in [1.807, 2.05) is 30.3 Å². The zero-order valence-electron chi connectivity index (χ0n) is 11.8. The molecule has 20 heavy (non-hydrogen) atoms. The van der Waals surface area contributed by atoms with Crippen molar-refractivity contribution in [3.05, 3.63) is 35.9 Å². The van der Waals surface area contributed by atoms with Crippen molar-refractivity contribution >= 4 is 11.8 Å². The van der Waals surface area contributed by atoms with Crippen molar-refractivity contribution in [2.24, 2.45) is 5.92 Å². The van der Waals surface area contributed by atoms with E-state index in [1.54, 1.807) is 4.90 Å². The van der Waals surface area contributed by atoms with Crippen LogP contribution >= 0.6 is 0 Å². The summed E-state index contributed by atoms with van der Waals surface area (Å²) >= 11 is 0. The van der Waals surface area contributed by atoms with Crippen molar-refractivity contribution in [1.29, 1.82) is 0 Å². The van der Waals surface area contributed by atoms with E-state index in [2.05, 4.69) is 0 Å². The molecule has 1 aliphatic carbocycles. The predicted molar refractivity (Wildman–Crippen MR) is 77.0 cm³/mol. The fraction of sp³-hybridized carbons (Fsp3) is 0.529. The Hall–Kier alpha value is -1.64. The van der Waals surface area contributed by atoms with Crippen LogP contribution in [0.4, 0.5) is 0 Å². The molecule has 2 amide bonds. The van der Waals surface area contributed by atoms with Crippen LogP contribution in [0.25, 0.3) is 0 Å². The van der Waals surface area contributed by atoms with Gasteiger partial charge in [-0.25, -0.2) is 0 Å². The Morgan fingerprint density at radius 2 is 1.70 bits per heavy atom. The lowest BCUT2D eigenvalue weighted by atomic mass is 9.94. The van der Waals surface area contributed by atoms with Crippen molar-refractivity contribution in [2.75, 3.05) is 0 Å². The third-order valence-corrected chi connectivity index (χ3v) is 4.54. The van der Waals surface area contributed by atoms with Gasteiger partial charge in [-0.1, -0.05) is 49.6 Å². The molecule has 1 atom stereocenters. The lowest BCUT2D eigenvalue weighted by Gasteiger charge is -2.29. The van der Waals surface area contributed by atoms with E-state index < -0.39 is 0 Å². The highest BCUT2D eigenvalue weighted by molar-refractivity contribution is 6.04. The van der Waals surface area contributed by atoms with Crippen molar-refractivity contribution in [1.82, 2.24) is 4.90 Å². The highest BCUT2D eigenvalue weighted by atomic mass is 16.2. The normalized spacial score (nSPS) is 24.4. The fourth-order valence-corrected chi connectivity index (χ4v) is 3.50. The van der Waals surface area contributed by atoms with Crippen LogP contribution in [0.1, 0.15) is 44.1 Å². The second kappa shape index (κ2) is 5.78. The van der Waals surface area contributed by atoms with Gasteiger partial charge in [0.1, 0.15) is 0 Å². The first kappa shape index (κ1) is 13.3. The van der Waals surface area contributed by atoms with Gasteiger partial charge < -0.3 is 0 Å². The van der Waals surface area contributed by atoms with E-state index in [9.17, 15) is 9.59 Å². The SMILES string of the molecule is O=C1CC(Cc2ccccc2)C(=O)N1C1CCCCC1. The van der Waals surface area contributed by atoms with Gasteiger partial charge in [0.25, 0.3) is 0 Å². The first-order valence-electron chi connectivity index (χ1n) is 7.65. The summed E-state index contributed by atoms with van der Waals surface area (Å²) in [6.45, 7) is 0. The molecule has 1 saturated heterocycles. The third kappa shape index (κ3) is 2.62. The molecule has 0 spiro atoms. The molecule has 3 rings (SSSR count). The molecule has 106 valence electrons. The molecule has 0 aromatic heterocycles. The molecule has 1 aliphatic heterocycles. The second-order valence-corrected chi connectivity index (χ2v) is 5.98. The number of hydrogen-bond donors (Lipinski definition) is 0. The van der Waals surface area contributed by atoms with E-state index in [4.69, 9.17) is 0 Å². The van der Waals surface area contributed by atoms with Crippen molar-refractivity contribution in [3.63, 3.8) is 0 Å². The Morgan fingerprint density at radius 3 is 2.40 bits per heavy atom. The molecular weight excluding hydrogens is 250 g/mol. The smallest absolute Gasteiger partial charge is 0.233 e. The number of carbonyl (C=O) groups is 2. The van der Waals surface area contributed by atoms with E-state index in [-0.39, 0.29) is 23.8 Å². The highest BCUT2D eigenvalue weighted by Gasteiger charge is 2.42. The van der Waals surface area contributed by atoms with Gasteiger partial charge in [-0.3, -0.25) is 14.5 Å². The molecule has 0 bridgehead atoms. The van der Waals surface area contributed by atoms with Gasteiger partial charge in [0, 0.05) is 12.5 Å². The Labute approximate surface area is 120 Å². The maximum Gasteiger partial charge on any atom is 0.233 e. The summed E-state index contributed by atoms with van der Waals surface area (Å²) < 4.78 is 0. The monoisotopic (exact) mass is 271 g/mol. The zero-order valence-corrected chi connectivity index (χ0v) is 11.8. The van der Waals surface area contributed by atoms with Crippen LogP contribution in [-0.4, -0.2) is 22.8 Å². The summed E-state index contributed by atoms with van der Waals surface area (Å²) in [6.07, 6.45) is 6.60. The van der Waals surface area contributed by atoms with Crippen LogP contribution in [0.2, 0.25) is 0 Å². The Kier molecular flexibility index (Phi) is 3.86. The van der Waals surface area contributed by atoms with Crippen LogP contribution < -0.4 is 0 Å². The first-order chi connectivity index (χ1) is 9.75. The zero-order chi connectivity index (χ0) is 13.9. The molecular formula is C17H21NO2. The van der Waals surface area contributed by atoms with Crippen molar-refractivity contribution in [3.8, 4) is 0 Å². The van der Waals surface area contributed by atoms with E-state index in [0.717, 1.165) is 31.2 Å². The third-order valence-electron chi connectivity index (χ3n) is 4.54. The average molecular weight is 271 g/mol. The van der Waals surface area contributed by atoms with E-state index in [1.165, 1.54) is 6.42 Å². The summed E-state index contributed by atoms with van der Waals surface area (Å²) in [4.78, 5) is 26.3. The summed E-state index contributed by atoms with van der Waals surface area (Å²) in [5, 5.41) is 0. The minimum absolute atomic E-state index is 0.0443. The van der Waals surface area contributed by atoms with Gasteiger partial charge in [0.05, 0.1) is 5.92 Å². The van der Waals surface area contributed by atoms with Gasteiger partial charge in [0.15, 0.2) is 0 Å². The maximum absolute atomic E-state index is 12.5. The molecule has 0 radical (unpaired) electrons. The van der Waals surface area contributed by atoms with Crippen molar-refractivity contribution in [2.45, 2.75) is 51.0 Å². The number of rotatable bonds is 3. The Bertz CT molecular complexity index is 491. The summed E-state index contributed by atoms with van der Waals surface area (Å²) in [6, 6.07) is 10.2. The topological polar surface area (TPSA) is 37.4 Å². The molecule has 1 saturated carbocycles. The fourth-order valence-electron chi connectivity index (χ4n) is 3.50. The first-order valence-corrected chi connectivity index (χ1v) is 7.65. The molecule has 3 nitrogen and oxygen atoms in total. The lowest BCUT2D eigenvalue weighted by molar-refractivity contribution is -0.142. The maximum atomic E-state index is 12.5. The number of amides is 2. The van der Waals surface area contributed by atoms with Crippen LogP contribution in [-0.2, 0) is 16.0 Å². The summed E-state index contributed by atoms with van der Waals surface area (Å²) in [7, 11) is 0. The Balaban J connectivity index is 1.70. The number of hydrogen-bond acceptors (Lipinski definition) is 2. The largest absolute Gasteiger partial charge is 0.279 e. The average Bonchev–Trinajstić information content (AvgIpc) is 2.75. The van der Waals surface area contributed by atoms with Crippen molar-refractivity contribution < 1.29 is 9.59 Å². The Morgan fingerprint density at radius 1 is 1.00 bits per heavy atom. The van der Waals surface area contributed by atoms with E-state index in [0.29, 0.717) is 12.8 Å². The molecule has 3 heteroatoms. The molecule has 1 unspecified atom stereocenters. The van der Waals surface area contributed by atoms with Gasteiger partial charge in [-0.15, -0.1) is 0 Å². The second-order valence-electron chi connectivity index (χ2n) is 5.98. The van der Waals surface area contributed by atoms with Crippen LogP contribution in [0, 0.1) is 5.92 Å². The van der Waals surface area contributed by atoms with Gasteiger partial charge >= 0.3 is 0 Å². The number of nitrogens with zero attached hydrogens (tertiary/aromatic N) is 1. The number of likely N-dealkylation sites (tertiary alicyclic amines) is 1. The minimum atomic E-state index is -0.146. The molecule has 1 heterocycles. The molecule has 2 fully saturated rings. The molecule has 1 aromatic carbocycles. The highest BCUT2D eigenvalue weighted by Crippen LogP contribution is 2.31. The molecule has 2 aliphatic rings. The standard InChI is InChI=1S/C17H21NO2/c19-16-12-14(11-13-7-3-1-4-8-13)17(20)18(16)15-9-5-2-6-10-15/h1,3-4,7-8,14-15H,2,5-6,9-12H2. The molecule has 1 aromatic rings. The predicted octanol–water partition coefficient (Wildman–Crippen LogP) is 2.94. The minimum Gasteiger partial charge on any atom is -0.279 e. The van der Waals surface area contributed by atoms with Gasteiger partial charge in [-0.2, -0.15) is 0 Å². The number of imide groups is 1. The van der Waals surface area contributed by atoms with Crippen LogP contribution in [0.15, 0.2) is 30.3 Å². The van der Waals surface area contributed by atoms with Crippen LogP contribution in [0.3, 0.4) is 0 Å². The summed E-state index contributed by atoms with van der Waals surface area (Å²) in [5.41, 5.74) is 1.14. The summed E-state index contributed by atoms with van der Waals surface area (Å²) in [5.74, 6) is -0.0413.